The molecule has 0 saturated heterocycles. The van der Waals surface area contributed by atoms with Gasteiger partial charge in [0.2, 0.25) is 0 Å². The van der Waals surface area contributed by atoms with E-state index < -0.39 is 0 Å². The summed E-state index contributed by atoms with van der Waals surface area (Å²) < 4.78 is 0. The Morgan fingerprint density at radius 1 is 1.20 bits per heavy atom. The second kappa shape index (κ2) is 2.09. The van der Waals surface area contributed by atoms with Crippen molar-refractivity contribution in [2.45, 2.75) is 39.2 Å². The van der Waals surface area contributed by atoms with Gasteiger partial charge < -0.3 is 5.73 Å². The SMILES string of the molecule is CC(C)(C)C1(N)CC=CC1. The maximum Gasteiger partial charge on any atom is 0.0273 e. The van der Waals surface area contributed by atoms with Crippen LogP contribution < -0.4 is 5.73 Å². The molecule has 58 valence electrons. The van der Waals surface area contributed by atoms with Gasteiger partial charge in [-0.15, -0.1) is 0 Å². The van der Waals surface area contributed by atoms with Gasteiger partial charge in [-0.05, 0) is 18.3 Å². The molecule has 0 bridgehead atoms. The maximum atomic E-state index is 6.17. The summed E-state index contributed by atoms with van der Waals surface area (Å²) in [5, 5.41) is 0. The van der Waals surface area contributed by atoms with Gasteiger partial charge in [-0.1, -0.05) is 32.9 Å². The van der Waals surface area contributed by atoms with Gasteiger partial charge in [0.25, 0.3) is 0 Å². The molecule has 0 aliphatic heterocycles. The fourth-order valence-corrected chi connectivity index (χ4v) is 1.28. The Kier molecular flexibility index (Phi) is 1.63. The molecule has 2 N–H and O–H groups in total. The summed E-state index contributed by atoms with van der Waals surface area (Å²) in [6, 6.07) is 0. The average Bonchev–Trinajstić information content (AvgIpc) is 2.13. The molecule has 1 aliphatic rings. The highest BCUT2D eigenvalue weighted by atomic mass is 14.8. The van der Waals surface area contributed by atoms with E-state index in [0.29, 0.717) is 0 Å². The van der Waals surface area contributed by atoms with Gasteiger partial charge >= 0.3 is 0 Å². The Hall–Kier alpha value is -0.300. The Bertz CT molecular complexity index is 143. The average molecular weight is 139 g/mol. The second-order valence-corrected chi connectivity index (χ2v) is 4.29. The van der Waals surface area contributed by atoms with E-state index in [-0.39, 0.29) is 11.0 Å². The first-order valence-electron chi connectivity index (χ1n) is 3.90. The summed E-state index contributed by atoms with van der Waals surface area (Å²) in [5.41, 5.74) is 6.43. The molecular weight excluding hydrogens is 122 g/mol. The first-order valence-corrected chi connectivity index (χ1v) is 3.90. The summed E-state index contributed by atoms with van der Waals surface area (Å²) in [6.45, 7) is 6.62. The number of rotatable bonds is 0. The zero-order valence-electron chi connectivity index (χ0n) is 7.15. The third-order valence-electron chi connectivity index (χ3n) is 2.62. The van der Waals surface area contributed by atoms with Crippen molar-refractivity contribution in [3.05, 3.63) is 12.2 Å². The quantitative estimate of drug-likeness (QED) is 0.511. The minimum absolute atomic E-state index is 0.0208. The van der Waals surface area contributed by atoms with E-state index in [9.17, 15) is 0 Å². The fraction of sp³-hybridized carbons (Fsp3) is 0.778. The molecule has 1 heteroatoms. The molecule has 0 aromatic carbocycles. The molecule has 0 aromatic rings. The first-order chi connectivity index (χ1) is 4.46. The molecule has 0 heterocycles. The molecule has 0 saturated carbocycles. The van der Waals surface area contributed by atoms with E-state index in [1.165, 1.54) is 0 Å². The zero-order valence-corrected chi connectivity index (χ0v) is 7.15. The predicted molar refractivity (Wildman–Crippen MR) is 44.7 cm³/mol. The van der Waals surface area contributed by atoms with Crippen LogP contribution in [0, 0.1) is 5.41 Å². The maximum absolute atomic E-state index is 6.17. The Labute approximate surface area is 63.3 Å². The summed E-state index contributed by atoms with van der Waals surface area (Å²) in [5.74, 6) is 0. The van der Waals surface area contributed by atoms with Gasteiger partial charge in [-0.25, -0.2) is 0 Å². The van der Waals surface area contributed by atoms with Crippen LogP contribution in [-0.4, -0.2) is 5.54 Å². The number of nitrogens with two attached hydrogens (primary N) is 1. The summed E-state index contributed by atoms with van der Waals surface area (Å²) in [6.07, 6.45) is 6.45. The Balaban J connectivity index is 2.71. The third-order valence-corrected chi connectivity index (χ3v) is 2.62. The van der Waals surface area contributed by atoms with Gasteiger partial charge in [0, 0.05) is 5.54 Å². The van der Waals surface area contributed by atoms with Crippen LogP contribution in [-0.2, 0) is 0 Å². The molecule has 0 spiro atoms. The van der Waals surface area contributed by atoms with Crippen molar-refractivity contribution in [3.63, 3.8) is 0 Å². The molecule has 0 unspecified atom stereocenters. The van der Waals surface area contributed by atoms with Crippen LogP contribution in [0.1, 0.15) is 33.6 Å². The largest absolute Gasteiger partial charge is 0.324 e. The van der Waals surface area contributed by atoms with Crippen molar-refractivity contribution < 1.29 is 0 Å². The lowest BCUT2D eigenvalue weighted by molar-refractivity contribution is 0.201. The normalized spacial score (nSPS) is 23.6. The van der Waals surface area contributed by atoms with Crippen molar-refractivity contribution >= 4 is 0 Å². The molecule has 0 fully saturated rings. The molecule has 0 radical (unpaired) electrons. The van der Waals surface area contributed by atoms with Crippen molar-refractivity contribution in [1.82, 2.24) is 0 Å². The highest BCUT2D eigenvalue weighted by Gasteiger charge is 2.37. The fourth-order valence-electron chi connectivity index (χ4n) is 1.28. The number of hydrogen-bond donors (Lipinski definition) is 1. The molecule has 1 aliphatic carbocycles. The first kappa shape index (κ1) is 7.80. The van der Waals surface area contributed by atoms with Crippen molar-refractivity contribution in [3.8, 4) is 0 Å². The summed E-state index contributed by atoms with van der Waals surface area (Å²) >= 11 is 0. The van der Waals surface area contributed by atoms with Gasteiger partial charge in [-0.2, -0.15) is 0 Å². The van der Waals surface area contributed by atoms with Gasteiger partial charge in [-0.3, -0.25) is 0 Å². The molecule has 0 atom stereocenters. The summed E-state index contributed by atoms with van der Waals surface area (Å²) in [7, 11) is 0. The second-order valence-electron chi connectivity index (χ2n) is 4.29. The van der Waals surface area contributed by atoms with Crippen molar-refractivity contribution in [1.29, 1.82) is 0 Å². The van der Waals surface area contributed by atoms with Crippen LogP contribution in [0.25, 0.3) is 0 Å². The molecule has 1 nitrogen and oxygen atoms in total. The molecule has 1 rings (SSSR count). The van der Waals surface area contributed by atoms with E-state index >= 15 is 0 Å². The van der Waals surface area contributed by atoms with Crippen LogP contribution in [0.5, 0.6) is 0 Å². The molecule has 10 heavy (non-hydrogen) atoms. The highest BCUT2D eigenvalue weighted by molar-refractivity contribution is 5.11. The lowest BCUT2D eigenvalue weighted by Crippen LogP contribution is -2.49. The standard InChI is InChI=1S/C9H17N/c1-8(2,3)9(10)6-4-5-7-9/h4-5H,6-7,10H2,1-3H3. The molecule has 0 amide bonds. The zero-order chi connectivity index (χ0) is 7.83. The predicted octanol–water partition coefficient (Wildman–Crippen LogP) is 2.08. The van der Waals surface area contributed by atoms with Crippen molar-refractivity contribution in [2.24, 2.45) is 11.1 Å². The van der Waals surface area contributed by atoms with Gasteiger partial charge in [0.15, 0.2) is 0 Å². The van der Waals surface area contributed by atoms with Gasteiger partial charge in [0.05, 0.1) is 0 Å². The minimum atomic E-state index is 0.0208. The Morgan fingerprint density at radius 2 is 1.60 bits per heavy atom. The van der Waals surface area contributed by atoms with E-state index in [4.69, 9.17) is 5.73 Å². The Morgan fingerprint density at radius 3 is 1.80 bits per heavy atom. The van der Waals surface area contributed by atoms with E-state index in [1.807, 2.05) is 0 Å². The van der Waals surface area contributed by atoms with Crippen LogP contribution in [0.2, 0.25) is 0 Å². The van der Waals surface area contributed by atoms with Crippen LogP contribution in [0.15, 0.2) is 12.2 Å². The lowest BCUT2D eigenvalue weighted by atomic mass is 9.73. The van der Waals surface area contributed by atoms with Crippen molar-refractivity contribution in [2.75, 3.05) is 0 Å². The van der Waals surface area contributed by atoms with E-state index in [0.717, 1.165) is 12.8 Å². The molecule has 0 aromatic heterocycles. The topological polar surface area (TPSA) is 26.0 Å². The third kappa shape index (κ3) is 1.10. The van der Waals surface area contributed by atoms with Crippen LogP contribution in [0.3, 0.4) is 0 Å². The monoisotopic (exact) mass is 139 g/mol. The van der Waals surface area contributed by atoms with Crippen LogP contribution in [0.4, 0.5) is 0 Å². The van der Waals surface area contributed by atoms with E-state index in [2.05, 4.69) is 32.9 Å². The molecular formula is C9H17N. The number of hydrogen-bond acceptors (Lipinski definition) is 1. The van der Waals surface area contributed by atoms with E-state index in [1.54, 1.807) is 0 Å². The lowest BCUT2D eigenvalue weighted by Gasteiger charge is -2.38. The highest BCUT2D eigenvalue weighted by Crippen LogP contribution is 2.37. The van der Waals surface area contributed by atoms with Gasteiger partial charge in [0.1, 0.15) is 0 Å². The minimum Gasteiger partial charge on any atom is -0.324 e. The van der Waals surface area contributed by atoms with Crippen LogP contribution >= 0.6 is 0 Å². The smallest absolute Gasteiger partial charge is 0.0273 e. The summed E-state index contributed by atoms with van der Waals surface area (Å²) in [4.78, 5) is 0.